The Morgan fingerprint density at radius 2 is 2.33 bits per heavy atom. The van der Waals surface area contributed by atoms with Gasteiger partial charge in [-0.25, -0.2) is 0 Å². The van der Waals surface area contributed by atoms with Crippen molar-refractivity contribution < 1.29 is 0 Å². The van der Waals surface area contributed by atoms with Gasteiger partial charge in [-0.2, -0.15) is 0 Å². The molecule has 1 aliphatic rings. The number of likely N-dealkylation sites (N-methyl/N-ethyl adjacent to an activating group) is 1. The minimum atomic E-state index is 0. The van der Waals surface area contributed by atoms with Crippen LogP contribution in [0.5, 0.6) is 0 Å². The first kappa shape index (κ1) is 12.3. The van der Waals surface area contributed by atoms with E-state index in [4.69, 9.17) is 0 Å². The van der Waals surface area contributed by atoms with Crippen molar-refractivity contribution in [1.29, 1.82) is 0 Å². The Labute approximate surface area is 101 Å². The van der Waals surface area contributed by atoms with Crippen LogP contribution in [-0.4, -0.2) is 30.9 Å². The lowest BCUT2D eigenvalue weighted by atomic mass is 10.3. The van der Waals surface area contributed by atoms with E-state index in [9.17, 15) is 0 Å². The number of hydrogen-bond acceptors (Lipinski definition) is 3. The molecule has 0 radical (unpaired) electrons. The predicted octanol–water partition coefficient (Wildman–Crippen LogP) is 2.92. The summed E-state index contributed by atoms with van der Waals surface area (Å²) in [5.74, 6) is 1.10. The summed E-state index contributed by atoms with van der Waals surface area (Å²) >= 11 is 1.75. The maximum atomic E-state index is 4.47. The number of nitrogens with zero attached hydrogens (tertiary/aromatic N) is 2. The fourth-order valence-corrected chi connectivity index (χ4v) is 2.08. The topological polar surface area (TPSA) is 15.6 Å². The van der Waals surface area contributed by atoms with E-state index in [-0.39, 0.29) is 12.4 Å². The van der Waals surface area contributed by atoms with Gasteiger partial charge in [-0.15, -0.1) is 23.7 Å². The molecule has 0 amide bonds. The molecule has 2 heterocycles. The molecule has 1 aromatic heterocycles. The molecule has 0 N–H and O–H groups in total. The number of aliphatic imine (C=N–C) groups is 1. The zero-order chi connectivity index (χ0) is 9.80. The van der Waals surface area contributed by atoms with Crippen LogP contribution in [-0.2, 0) is 0 Å². The van der Waals surface area contributed by atoms with Crippen molar-refractivity contribution in [2.45, 2.75) is 6.42 Å². The average Bonchev–Trinajstić information content (AvgIpc) is 2.69. The Balaban J connectivity index is 0.00000112. The van der Waals surface area contributed by atoms with Crippen LogP contribution in [0.15, 0.2) is 28.6 Å². The van der Waals surface area contributed by atoms with Gasteiger partial charge in [0.25, 0.3) is 0 Å². The quantitative estimate of drug-likeness (QED) is 0.779. The van der Waals surface area contributed by atoms with Crippen molar-refractivity contribution in [3.8, 4) is 0 Å². The lowest BCUT2D eigenvalue weighted by Gasteiger charge is -2.22. The van der Waals surface area contributed by atoms with Gasteiger partial charge in [-0.3, -0.25) is 4.99 Å². The first-order valence-electron chi connectivity index (χ1n) is 4.83. The summed E-state index contributed by atoms with van der Waals surface area (Å²) in [4.78, 5) is 7.96. The monoisotopic (exact) mass is 242 g/mol. The Kier molecular flexibility index (Phi) is 4.85. The highest BCUT2D eigenvalue weighted by Gasteiger charge is 2.06. The van der Waals surface area contributed by atoms with Crippen LogP contribution < -0.4 is 0 Å². The first-order valence-corrected chi connectivity index (χ1v) is 5.71. The molecule has 82 valence electrons. The minimum absolute atomic E-state index is 0. The molecule has 15 heavy (non-hydrogen) atoms. The number of halogens is 1. The summed E-state index contributed by atoms with van der Waals surface area (Å²) in [6.45, 7) is 2.09. The molecule has 0 bridgehead atoms. The largest absolute Gasteiger partial charge is 0.360 e. The molecule has 1 aromatic rings. The van der Waals surface area contributed by atoms with E-state index < -0.39 is 0 Å². The molecule has 0 unspecified atom stereocenters. The molecular weight excluding hydrogens is 228 g/mol. The summed E-state index contributed by atoms with van der Waals surface area (Å²) in [6, 6.07) is 4.18. The van der Waals surface area contributed by atoms with Gasteiger partial charge in [-0.05, 0) is 30.0 Å². The fourth-order valence-electron chi connectivity index (χ4n) is 1.46. The molecule has 2 nitrogen and oxygen atoms in total. The second kappa shape index (κ2) is 5.93. The van der Waals surface area contributed by atoms with Crippen LogP contribution in [0.2, 0.25) is 0 Å². The van der Waals surface area contributed by atoms with Gasteiger partial charge in [0.15, 0.2) is 0 Å². The zero-order valence-electron chi connectivity index (χ0n) is 8.72. The number of hydrogen-bond donors (Lipinski definition) is 0. The smallest absolute Gasteiger partial charge is 0.123 e. The minimum Gasteiger partial charge on any atom is -0.360 e. The molecule has 0 aliphatic carbocycles. The average molecular weight is 243 g/mol. The van der Waals surface area contributed by atoms with Crippen molar-refractivity contribution in [2.75, 3.05) is 20.1 Å². The summed E-state index contributed by atoms with van der Waals surface area (Å²) in [5.41, 5.74) is 0. The van der Waals surface area contributed by atoms with Crippen LogP contribution in [0.4, 0.5) is 0 Å². The number of rotatable bonds is 2. The van der Waals surface area contributed by atoms with Gasteiger partial charge >= 0.3 is 0 Å². The molecule has 0 spiro atoms. The number of amidine groups is 1. The molecule has 0 saturated heterocycles. The van der Waals surface area contributed by atoms with E-state index in [1.165, 1.54) is 11.3 Å². The van der Waals surface area contributed by atoms with Gasteiger partial charge in [0.1, 0.15) is 5.84 Å². The lowest BCUT2D eigenvalue weighted by molar-refractivity contribution is 0.470. The molecular formula is C11H15ClN2S. The third-order valence-corrected chi connectivity index (χ3v) is 3.09. The van der Waals surface area contributed by atoms with Crippen molar-refractivity contribution in [3.05, 3.63) is 28.5 Å². The predicted molar refractivity (Wildman–Crippen MR) is 70.2 cm³/mol. The highest BCUT2D eigenvalue weighted by atomic mass is 35.5. The fraction of sp³-hybridized carbons (Fsp3) is 0.364. The highest BCUT2D eigenvalue weighted by Crippen LogP contribution is 2.11. The van der Waals surface area contributed by atoms with E-state index in [0.717, 1.165) is 18.9 Å². The summed E-state index contributed by atoms with van der Waals surface area (Å²) in [7, 11) is 2.09. The summed E-state index contributed by atoms with van der Waals surface area (Å²) in [5, 5.41) is 2.09. The number of thiophene rings is 1. The Morgan fingerprint density at radius 1 is 1.47 bits per heavy atom. The molecule has 0 aromatic carbocycles. The van der Waals surface area contributed by atoms with Gasteiger partial charge in [0, 0.05) is 25.0 Å². The van der Waals surface area contributed by atoms with Crippen molar-refractivity contribution >= 4 is 35.7 Å². The Hall–Kier alpha value is -0.800. The summed E-state index contributed by atoms with van der Waals surface area (Å²) < 4.78 is 0. The van der Waals surface area contributed by atoms with E-state index in [0.29, 0.717) is 0 Å². The zero-order valence-corrected chi connectivity index (χ0v) is 10.4. The lowest BCUT2D eigenvalue weighted by Crippen LogP contribution is -2.30. The highest BCUT2D eigenvalue weighted by molar-refractivity contribution is 7.10. The second-order valence-electron chi connectivity index (χ2n) is 3.36. The van der Waals surface area contributed by atoms with E-state index in [2.05, 4.69) is 46.6 Å². The van der Waals surface area contributed by atoms with Gasteiger partial charge in [-0.1, -0.05) is 6.07 Å². The maximum Gasteiger partial charge on any atom is 0.123 e. The van der Waals surface area contributed by atoms with Crippen LogP contribution in [0, 0.1) is 0 Å². The molecule has 0 saturated carbocycles. The second-order valence-corrected chi connectivity index (χ2v) is 4.34. The molecule has 4 heteroatoms. The van der Waals surface area contributed by atoms with E-state index >= 15 is 0 Å². The van der Waals surface area contributed by atoms with Crippen molar-refractivity contribution in [1.82, 2.24) is 4.90 Å². The van der Waals surface area contributed by atoms with Crippen LogP contribution >= 0.6 is 23.7 Å². The summed E-state index contributed by atoms with van der Waals surface area (Å²) in [6.07, 6.45) is 5.41. The standard InChI is InChI=1S/C11H14N2S.ClH/c1-13-8-3-7-12-11(13)6-5-10-4-2-9-14-10;/h2,4-6,9H,3,7-8H2,1H3;1H. The van der Waals surface area contributed by atoms with Crippen molar-refractivity contribution in [2.24, 2.45) is 4.99 Å². The first-order chi connectivity index (χ1) is 6.86. The SMILES string of the molecule is CN1CCCN=C1C=Cc1cccs1.Cl. The van der Waals surface area contributed by atoms with Crippen LogP contribution in [0.1, 0.15) is 11.3 Å². The molecule has 2 rings (SSSR count). The third-order valence-electron chi connectivity index (χ3n) is 2.26. The van der Waals surface area contributed by atoms with Crippen molar-refractivity contribution in [3.63, 3.8) is 0 Å². The molecule has 0 atom stereocenters. The van der Waals surface area contributed by atoms with Crippen LogP contribution in [0.3, 0.4) is 0 Å². The van der Waals surface area contributed by atoms with Crippen LogP contribution in [0.25, 0.3) is 6.08 Å². The third kappa shape index (κ3) is 3.36. The normalized spacial score (nSPS) is 16.3. The Bertz CT molecular complexity index is 343. The molecule has 1 aliphatic heterocycles. The Morgan fingerprint density at radius 3 is 3.00 bits per heavy atom. The molecule has 0 fully saturated rings. The van der Waals surface area contributed by atoms with E-state index in [1.54, 1.807) is 11.3 Å². The van der Waals surface area contributed by atoms with E-state index in [1.807, 2.05) is 0 Å². The van der Waals surface area contributed by atoms with Gasteiger partial charge in [0.2, 0.25) is 0 Å². The van der Waals surface area contributed by atoms with Gasteiger partial charge < -0.3 is 4.90 Å². The van der Waals surface area contributed by atoms with Gasteiger partial charge in [0.05, 0.1) is 0 Å². The maximum absolute atomic E-state index is 4.47.